The number of hydrogen-bond acceptors (Lipinski definition) is 8. The normalized spacial score (nSPS) is 15.2. The zero-order chi connectivity index (χ0) is 28.3. The summed E-state index contributed by atoms with van der Waals surface area (Å²) in [6.45, 7) is 1.69. The van der Waals surface area contributed by atoms with Crippen molar-refractivity contribution in [3.63, 3.8) is 0 Å². The van der Waals surface area contributed by atoms with Gasteiger partial charge in [-0.05, 0) is 72.5 Å². The second kappa shape index (κ2) is 11.4. The van der Waals surface area contributed by atoms with Crippen LogP contribution in [0, 0.1) is 12.7 Å². The number of rotatable bonds is 9. The molecule has 2 aromatic heterocycles. The molecule has 1 atom stereocenters. The number of furan rings is 1. The predicted molar refractivity (Wildman–Crippen MR) is 143 cm³/mol. The molecule has 212 valence electrons. The van der Waals surface area contributed by atoms with E-state index in [9.17, 15) is 14.0 Å². The lowest BCUT2D eigenvalue weighted by molar-refractivity contribution is -0.142. The van der Waals surface area contributed by atoms with E-state index in [0.29, 0.717) is 28.6 Å². The van der Waals surface area contributed by atoms with Gasteiger partial charge in [0.25, 0.3) is 0 Å². The highest BCUT2D eigenvalue weighted by Crippen LogP contribution is 2.34. The maximum atomic E-state index is 14.0. The number of carbonyl (C=O) groups excluding carboxylic acids is 2. The number of benzene rings is 2. The number of carbonyl (C=O) groups is 2. The summed E-state index contributed by atoms with van der Waals surface area (Å²) in [5, 5.41) is 15.5. The van der Waals surface area contributed by atoms with Crippen molar-refractivity contribution in [3.05, 3.63) is 77.3 Å². The lowest BCUT2D eigenvalue weighted by Crippen LogP contribution is -2.46. The quantitative estimate of drug-likeness (QED) is 0.327. The molecule has 0 radical (unpaired) electrons. The van der Waals surface area contributed by atoms with Crippen LogP contribution in [0.25, 0.3) is 11.6 Å². The van der Waals surface area contributed by atoms with Gasteiger partial charge in [-0.2, -0.15) is 4.80 Å². The van der Waals surface area contributed by atoms with E-state index < -0.39 is 17.8 Å². The van der Waals surface area contributed by atoms with Crippen molar-refractivity contribution in [2.45, 2.75) is 57.8 Å². The number of nitrogens with zero attached hydrogens (tertiary/aromatic N) is 5. The first-order chi connectivity index (χ1) is 19.9. The molecule has 0 saturated heterocycles. The topological polar surface area (TPSA) is 125 Å². The summed E-state index contributed by atoms with van der Waals surface area (Å²) in [6, 6.07) is 13.5. The van der Waals surface area contributed by atoms with Crippen LogP contribution in [0.1, 0.15) is 48.6 Å². The first-order valence-corrected chi connectivity index (χ1v) is 13.5. The Balaban J connectivity index is 1.33. The van der Waals surface area contributed by atoms with Gasteiger partial charge in [0.15, 0.2) is 17.3 Å². The largest absolute Gasteiger partial charge is 0.458 e. The Morgan fingerprint density at radius 1 is 1.07 bits per heavy atom. The van der Waals surface area contributed by atoms with Gasteiger partial charge in [0.1, 0.15) is 24.2 Å². The molecule has 0 bridgehead atoms. The van der Waals surface area contributed by atoms with Gasteiger partial charge in [-0.3, -0.25) is 9.59 Å². The average Bonchev–Trinajstić information content (AvgIpc) is 3.77. The minimum Gasteiger partial charge on any atom is -0.458 e. The highest BCUT2D eigenvalue weighted by atomic mass is 19.1. The van der Waals surface area contributed by atoms with Gasteiger partial charge in [-0.15, -0.1) is 10.2 Å². The van der Waals surface area contributed by atoms with Crippen molar-refractivity contribution < 1.29 is 27.9 Å². The minimum absolute atomic E-state index is 0.0178. The van der Waals surface area contributed by atoms with Crippen molar-refractivity contribution in [3.8, 4) is 23.1 Å². The fourth-order valence-corrected chi connectivity index (χ4v) is 5.20. The molecule has 1 aliphatic heterocycles. The first-order valence-electron chi connectivity index (χ1n) is 13.5. The van der Waals surface area contributed by atoms with E-state index in [-0.39, 0.29) is 37.7 Å². The Morgan fingerprint density at radius 3 is 2.61 bits per heavy atom. The molecule has 41 heavy (non-hydrogen) atoms. The summed E-state index contributed by atoms with van der Waals surface area (Å²) in [7, 11) is 0. The number of fused-ring (bicyclic) bond motifs is 1. The third-order valence-electron chi connectivity index (χ3n) is 7.25. The van der Waals surface area contributed by atoms with Gasteiger partial charge in [0, 0.05) is 12.6 Å². The molecule has 12 heteroatoms. The van der Waals surface area contributed by atoms with Crippen LogP contribution in [0.15, 0.2) is 59.0 Å². The monoisotopic (exact) mass is 560 g/mol. The molecular weight excluding hydrogens is 531 g/mol. The lowest BCUT2D eigenvalue weighted by atomic mass is 10.0. The maximum absolute atomic E-state index is 14.0. The fourth-order valence-electron chi connectivity index (χ4n) is 5.20. The van der Waals surface area contributed by atoms with Crippen LogP contribution < -0.4 is 14.8 Å². The number of ether oxygens (including phenoxy) is 2. The maximum Gasteiger partial charge on any atom is 0.247 e. The smallest absolute Gasteiger partial charge is 0.247 e. The number of hydrogen-bond donors (Lipinski definition) is 1. The summed E-state index contributed by atoms with van der Waals surface area (Å²) in [4.78, 5) is 30.5. The summed E-state index contributed by atoms with van der Waals surface area (Å²) in [5.41, 5.74) is 1.20. The van der Waals surface area contributed by atoms with Gasteiger partial charge >= 0.3 is 0 Å². The number of aromatic nitrogens is 4. The Hall–Kier alpha value is -4.74. The van der Waals surface area contributed by atoms with Crippen molar-refractivity contribution in [2.75, 3.05) is 6.79 Å². The molecule has 4 aromatic rings. The van der Waals surface area contributed by atoms with Crippen molar-refractivity contribution in [2.24, 2.45) is 0 Å². The lowest BCUT2D eigenvalue weighted by Gasteiger charge is -2.32. The first kappa shape index (κ1) is 26.5. The molecule has 2 aromatic carbocycles. The molecule has 1 aliphatic carbocycles. The Kier molecular flexibility index (Phi) is 7.36. The molecule has 1 unspecified atom stereocenters. The summed E-state index contributed by atoms with van der Waals surface area (Å²) < 4.78 is 30.4. The number of tetrazole rings is 1. The Bertz CT molecular complexity index is 1550. The molecule has 2 amide bonds. The SMILES string of the molecule is Cc1ccc(-c2nnn(CC(=O)N(Cc3ccc4c(c3)OCO4)C(C(=O)NC3CCCC3)c3ccc(F)cc3)n2)o1. The van der Waals surface area contributed by atoms with Gasteiger partial charge < -0.3 is 24.1 Å². The molecular formula is C29H29FN6O5. The minimum atomic E-state index is -1.04. The number of amides is 2. The van der Waals surface area contributed by atoms with E-state index in [1.807, 2.05) is 6.07 Å². The predicted octanol–water partition coefficient (Wildman–Crippen LogP) is 3.94. The van der Waals surface area contributed by atoms with Crippen LogP contribution in [0.2, 0.25) is 0 Å². The van der Waals surface area contributed by atoms with Crippen LogP contribution in [-0.2, 0) is 22.7 Å². The van der Waals surface area contributed by atoms with E-state index in [2.05, 4.69) is 20.7 Å². The standard InChI is InChI=1S/C29H29FN6O5/c1-18-6-12-24(41-18)28-32-34-36(33-28)16-26(37)35(15-19-7-13-23-25(14-19)40-17-39-23)27(20-8-10-21(30)11-9-20)29(38)31-22-4-2-3-5-22/h6-14,22,27H,2-5,15-17H2,1H3,(H,31,38). The summed E-state index contributed by atoms with van der Waals surface area (Å²) in [6.07, 6.45) is 3.80. The molecule has 3 heterocycles. The molecule has 0 spiro atoms. The van der Waals surface area contributed by atoms with Crippen LogP contribution in [0.5, 0.6) is 11.5 Å². The van der Waals surface area contributed by atoms with E-state index in [4.69, 9.17) is 13.9 Å². The number of halogens is 1. The van der Waals surface area contributed by atoms with E-state index in [1.165, 1.54) is 34.0 Å². The zero-order valence-corrected chi connectivity index (χ0v) is 22.5. The molecule has 11 nitrogen and oxygen atoms in total. The summed E-state index contributed by atoms with van der Waals surface area (Å²) >= 11 is 0. The van der Waals surface area contributed by atoms with Crippen molar-refractivity contribution >= 4 is 11.8 Å². The van der Waals surface area contributed by atoms with E-state index >= 15 is 0 Å². The number of aryl methyl sites for hydroxylation is 1. The summed E-state index contributed by atoms with van der Waals surface area (Å²) in [5.74, 6) is 1.31. The second-order valence-electron chi connectivity index (χ2n) is 10.2. The van der Waals surface area contributed by atoms with Crippen molar-refractivity contribution in [1.29, 1.82) is 0 Å². The molecule has 1 saturated carbocycles. The van der Waals surface area contributed by atoms with Gasteiger partial charge in [0.2, 0.25) is 24.4 Å². The van der Waals surface area contributed by atoms with Gasteiger partial charge in [-0.1, -0.05) is 31.0 Å². The fraction of sp³-hybridized carbons (Fsp3) is 0.345. The molecule has 2 aliphatic rings. The van der Waals surface area contributed by atoms with Gasteiger partial charge in [-0.25, -0.2) is 4.39 Å². The van der Waals surface area contributed by atoms with Crippen molar-refractivity contribution in [1.82, 2.24) is 30.4 Å². The van der Waals surface area contributed by atoms with E-state index in [1.54, 1.807) is 31.2 Å². The molecule has 1 fully saturated rings. The molecule has 1 N–H and O–H groups in total. The van der Waals surface area contributed by atoms with Crippen LogP contribution in [-0.4, -0.2) is 49.8 Å². The Morgan fingerprint density at radius 2 is 1.85 bits per heavy atom. The van der Waals surface area contributed by atoms with Crippen LogP contribution >= 0.6 is 0 Å². The average molecular weight is 561 g/mol. The van der Waals surface area contributed by atoms with Crippen LogP contribution in [0.4, 0.5) is 4.39 Å². The third-order valence-corrected chi connectivity index (χ3v) is 7.25. The third kappa shape index (κ3) is 5.91. The highest BCUT2D eigenvalue weighted by Gasteiger charge is 2.34. The Labute approximate surface area is 235 Å². The highest BCUT2D eigenvalue weighted by molar-refractivity contribution is 5.89. The van der Waals surface area contributed by atoms with E-state index in [0.717, 1.165) is 31.2 Å². The molecule has 6 rings (SSSR count). The number of nitrogens with one attached hydrogen (secondary N) is 1. The van der Waals surface area contributed by atoms with Crippen LogP contribution in [0.3, 0.4) is 0 Å². The second-order valence-corrected chi connectivity index (χ2v) is 10.2. The zero-order valence-electron chi connectivity index (χ0n) is 22.5. The van der Waals surface area contributed by atoms with Gasteiger partial charge in [0.05, 0.1) is 0 Å².